The molecule has 4 heterocycles. The zero-order chi connectivity index (χ0) is 15.8. The van der Waals surface area contributed by atoms with Gasteiger partial charge in [0, 0.05) is 46.6 Å². The zero-order valence-electron chi connectivity index (χ0n) is 12.8. The van der Waals surface area contributed by atoms with Crippen molar-refractivity contribution in [2.45, 2.75) is 6.92 Å². The largest absolute Gasteiger partial charge is 0.355 e. The molecular formula is C19H16N4. The number of aromatic nitrogens is 3. The molecule has 3 aromatic rings. The van der Waals surface area contributed by atoms with Crippen LogP contribution in [0.2, 0.25) is 0 Å². The Bertz CT molecular complexity index is 961. The Hall–Kier alpha value is -3.14. The van der Waals surface area contributed by atoms with Crippen LogP contribution in [0.5, 0.6) is 0 Å². The monoisotopic (exact) mass is 300 g/mol. The van der Waals surface area contributed by atoms with Crippen molar-refractivity contribution in [3.8, 4) is 0 Å². The van der Waals surface area contributed by atoms with Crippen LogP contribution in [0.1, 0.15) is 16.8 Å². The van der Waals surface area contributed by atoms with Crippen LogP contribution in [0.4, 0.5) is 0 Å². The van der Waals surface area contributed by atoms with E-state index in [9.17, 15) is 0 Å². The fraction of sp³-hybridized carbons (Fsp3) is 0.0526. The molecule has 0 aromatic carbocycles. The summed E-state index contributed by atoms with van der Waals surface area (Å²) in [5, 5.41) is 4.43. The summed E-state index contributed by atoms with van der Waals surface area (Å²) < 4.78 is 0. The van der Waals surface area contributed by atoms with Crippen LogP contribution >= 0.6 is 0 Å². The Labute approximate surface area is 134 Å². The molecule has 0 radical (unpaired) electrons. The second kappa shape index (κ2) is 5.25. The molecule has 3 aromatic heterocycles. The van der Waals surface area contributed by atoms with Crippen molar-refractivity contribution in [1.29, 1.82) is 0 Å². The van der Waals surface area contributed by atoms with Gasteiger partial charge in [-0.1, -0.05) is 6.58 Å². The molecule has 4 heteroatoms. The van der Waals surface area contributed by atoms with Gasteiger partial charge in [0.1, 0.15) is 5.65 Å². The van der Waals surface area contributed by atoms with Crippen molar-refractivity contribution in [2.24, 2.45) is 0 Å². The molecule has 1 aliphatic heterocycles. The molecule has 0 bridgehead atoms. The van der Waals surface area contributed by atoms with E-state index >= 15 is 0 Å². The van der Waals surface area contributed by atoms with Gasteiger partial charge in [0.25, 0.3) is 0 Å². The normalized spacial score (nSPS) is 14.4. The van der Waals surface area contributed by atoms with E-state index in [-0.39, 0.29) is 0 Å². The number of hydrogen-bond donors (Lipinski definition) is 2. The summed E-state index contributed by atoms with van der Waals surface area (Å²) in [7, 11) is 0. The molecule has 0 aliphatic carbocycles. The molecule has 1 aliphatic rings. The third kappa shape index (κ3) is 2.44. The van der Waals surface area contributed by atoms with Crippen molar-refractivity contribution in [3.63, 3.8) is 0 Å². The van der Waals surface area contributed by atoms with Crippen molar-refractivity contribution >= 4 is 22.3 Å². The third-order valence-electron chi connectivity index (χ3n) is 3.87. The smallest absolute Gasteiger partial charge is 0.138 e. The van der Waals surface area contributed by atoms with Gasteiger partial charge in [0.2, 0.25) is 0 Å². The fourth-order valence-corrected chi connectivity index (χ4v) is 2.87. The molecule has 0 saturated heterocycles. The first kappa shape index (κ1) is 13.5. The lowest BCUT2D eigenvalue weighted by Crippen LogP contribution is -2.13. The number of nitrogens with one attached hydrogen (secondary N) is 2. The molecule has 112 valence electrons. The van der Waals surface area contributed by atoms with E-state index in [1.54, 1.807) is 6.20 Å². The number of hydrogen-bond acceptors (Lipinski definition) is 3. The highest BCUT2D eigenvalue weighted by Gasteiger charge is 2.14. The Morgan fingerprint density at radius 1 is 1.13 bits per heavy atom. The zero-order valence-corrected chi connectivity index (χ0v) is 12.8. The van der Waals surface area contributed by atoms with Crippen LogP contribution in [0.15, 0.2) is 67.3 Å². The van der Waals surface area contributed by atoms with Crippen LogP contribution in [0, 0.1) is 6.92 Å². The molecular weight excluding hydrogens is 284 g/mol. The molecule has 4 nitrogen and oxygen atoms in total. The first-order valence-corrected chi connectivity index (χ1v) is 7.45. The lowest BCUT2D eigenvalue weighted by Gasteiger charge is -2.18. The van der Waals surface area contributed by atoms with Gasteiger partial charge >= 0.3 is 0 Å². The summed E-state index contributed by atoms with van der Waals surface area (Å²) >= 11 is 0. The second-order valence-electron chi connectivity index (χ2n) is 5.62. The highest BCUT2D eigenvalue weighted by atomic mass is 14.9. The highest BCUT2D eigenvalue weighted by Crippen LogP contribution is 2.30. The van der Waals surface area contributed by atoms with E-state index in [1.165, 1.54) is 0 Å². The molecule has 0 fully saturated rings. The maximum Gasteiger partial charge on any atom is 0.138 e. The minimum atomic E-state index is 0.860. The molecule has 0 atom stereocenters. The van der Waals surface area contributed by atoms with E-state index < -0.39 is 0 Å². The summed E-state index contributed by atoms with van der Waals surface area (Å²) in [5.41, 5.74) is 7.15. The molecule has 4 rings (SSSR count). The average Bonchev–Trinajstić information content (AvgIpc) is 2.95. The third-order valence-corrected chi connectivity index (χ3v) is 3.87. The van der Waals surface area contributed by atoms with E-state index in [0.29, 0.717) is 0 Å². The number of H-pyrrole nitrogens is 1. The first-order chi connectivity index (χ1) is 11.2. The maximum absolute atomic E-state index is 4.40. The van der Waals surface area contributed by atoms with Gasteiger partial charge in [-0.2, -0.15) is 0 Å². The number of dihydropyridines is 1. The SMILES string of the molecule is C=C1C=C(c2ccnc3[nH]c(C)cc23)C=C(c2cccnc2)N1. The number of aromatic amines is 1. The molecule has 2 N–H and O–H groups in total. The van der Waals surface area contributed by atoms with Gasteiger partial charge in [-0.15, -0.1) is 0 Å². The summed E-state index contributed by atoms with van der Waals surface area (Å²) in [6, 6.07) is 8.13. The van der Waals surface area contributed by atoms with Gasteiger partial charge in [0.05, 0.1) is 0 Å². The Balaban J connectivity index is 1.86. The highest BCUT2D eigenvalue weighted by molar-refractivity contribution is 5.97. The van der Waals surface area contributed by atoms with Crippen LogP contribution in [0.3, 0.4) is 0 Å². The lowest BCUT2D eigenvalue weighted by atomic mass is 9.98. The second-order valence-corrected chi connectivity index (χ2v) is 5.62. The summed E-state index contributed by atoms with van der Waals surface area (Å²) in [6.07, 6.45) is 9.63. The fourth-order valence-electron chi connectivity index (χ4n) is 2.87. The predicted octanol–water partition coefficient (Wildman–Crippen LogP) is 3.81. The number of pyridine rings is 2. The predicted molar refractivity (Wildman–Crippen MR) is 93.3 cm³/mol. The topological polar surface area (TPSA) is 53.6 Å². The number of rotatable bonds is 2. The van der Waals surface area contributed by atoms with Crippen LogP contribution < -0.4 is 5.32 Å². The summed E-state index contributed by atoms with van der Waals surface area (Å²) in [5.74, 6) is 0. The van der Waals surface area contributed by atoms with Gasteiger partial charge in [-0.25, -0.2) is 4.98 Å². The Morgan fingerprint density at radius 2 is 2.04 bits per heavy atom. The number of allylic oxidation sites excluding steroid dienone is 3. The molecule has 0 spiro atoms. The van der Waals surface area contributed by atoms with E-state index in [2.05, 4.69) is 45.1 Å². The van der Waals surface area contributed by atoms with E-state index in [0.717, 1.165) is 44.8 Å². The minimum absolute atomic E-state index is 0.860. The first-order valence-electron chi connectivity index (χ1n) is 7.45. The van der Waals surface area contributed by atoms with Gasteiger partial charge in [-0.3, -0.25) is 4.98 Å². The molecule has 0 saturated carbocycles. The standard InChI is InChI=1S/C19H16N4/c1-12-8-15(10-18(22-12)14-4-3-6-20-11-14)16-5-7-21-19-17(16)9-13(2)23-19/h3-11,22H,1H2,2H3,(H,21,23). The van der Waals surface area contributed by atoms with Crippen molar-refractivity contribution in [2.75, 3.05) is 0 Å². The molecule has 0 amide bonds. The lowest BCUT2D eigenvalue weighted by molar-refractivity contribution is 1.12. The summed E-state index contributed by atoms with van der Waals surface area (Å²) in [6.45, 7) is 6.12. The van der Waals surface area contributed by atoms with Gasteiger partial charge in [-0.05, 0) is 54.5 Å². The number of nitrogens with zero attached hydrogens (tertiary/aromatic N) is 2. The van der Waals surface area contributed by atoms with Gasteiger partial charge < -0.3 is 10.3 Å². The summed E-state index contributed by atoms with van der Waals surface area (Å²) in [4.78, 5) is 11.9. The van der Waals surface area contributed by atoms with Crippen LogP contribution in [-0.4, -0.2) is 15.0 Å². The molecule has 0 unspecified atom stereocenters. The average molecular weight is 300 g/mol. The van der Waals surface area contributed by atoms with Crippen molar-refractivity contribution in [1.82, 2.24) is 20.3 Å². The Morgan fingerprint density at radius 3 is 2.87 bits per heavy atom. The maximum atomic E-state index is 4.40. The number of aryl methyl sites for hydroxylation is 1. The quantitative estimate of drug-likeness (QED) is 0.756. The van der Waals surface area contributed by atoms with Gasteiger partial charge in [0.15, 0.2) is 0 Å². The van der Waals surface area contributed by atoms with Crippen LogP contribution in [0.25, 0.3) is 22.3 Å². The molecule has 23 heavy (non-hydrogen) atoms. The van der Waals surface area contributed by atoms with E-state index in [4.69, 9.17) is 0 Å². The number of fused-ring (bicyclic) bond motifs is 1. The van der Waals surface area contributed by atoms with Crippen LogP contribution in [-0.2, 0) is 0 Å². The van der Waals surface area contributed by atoms with Crippen molar-refractivity contribution < 1.29 is 0 Å². The van der Waals surface area contributed by atoms with Crippen molar-refractivity contribution in [3.05, 3.63) is 84.1 Å². The minimum Gasteiger partial charge on any atom is -0.355 e. The van der Waals surface area contributed by atoms with E-state index in [1.807, 2.05) is 37.5 Å². The Kier molecular flexibility index (Phi) is 3.08.